The Kier molecular flexibility index (Phi) is 9.44. The van der Waals surface area contributed by atoms with Gasteiger partial charge in [-0.2, -0.15) is 0 Å². The molecule has 0 radical (unpaired) electrons. The number of ether oxygens (including phenoxy) is 2. The number of allylic oxidation sites excluding steroid dienone is 4. The second-order valence-electron chi connectivity index (χ2n) is 8.33. The molecule has 0 bridgehead atoms. The average Bonchev–Trinajstić information content (AvgIpc) is 2.63. The van der Waals surface area contributed by atoms with Gasteiger partial charge < -0.3 is 9.47 Å². The van der Waals surface area contributed by atoms with Crippen LogP contribution < -0.4 is 0 Å². The SMILES string of the molecule is C=C1/C(=C/C(=O)OC)C[C@@H](C)C[C@@H]1C.C=C1/C(=C\C(=O)OC)C[C@@H](C)C[C@@H]1C. The lowest BCUT2D eigenvalue weighted by atomic mass is 9.77. The maximum atomic E-state index is 11.1. The van der Waals surface area contributed by atoms with Crippen molar-refractivity contribution in [1.82, 2.24) is 0 Å². The van der Waals surface area contributed by atoms with Crippen LogP contribution in [0.1, 0.15) is 53.4 Å². The molecule has 0 aromatic heterocycles. The minimum atomic E-state index is -0.276. The van der Waals surface area contributed by atoms with Crippen molar-refractivity contribution in [2.75, 3.05) is 14.2 Å². The summed E-state index contributed by atoms with van der Waals surface area (Å²) in [6.07, 6.45) is 7.37. The molecule has 28 heavy (non-hydrogen) atoms. The minimum absolute atomic E-state index is 0.276. The molecule has 4 heteroatoms. The van der Waals surface area contributed by atoms with Crippen molar-refractivity contribution in [2.45, 2.75) is 53.4 Å². The predicted molar refractivity (Wildman–Crippen MR) is 114 cm³/mol. The van der Waals surface area contributed by atoms with Gasteiger partial charge in [0.25, 0.3) is 0 Å². The highest BCUT2D eigenvalue weighted by Gasteiger charge is 2.24. The first-order valence-electron chi connectivity index (χ1n) is 10.0. The molecule has 0 amide bonds. The summed E-state index contributed by atoms with van der Waals surface area (Å²) in [4.78, 5) is 22.2. The summed E-state index contributed by atoms with van der Waals surface area (Å²) in [5.74, 6) is 1.67. The fourth-order valence-electron chi connectivity index (χ4n) is 4.01. The van der Waals surface area contributed by atoms with Gasteiger partial charge in [0.2, 0.25) is 0 Å². The highest BCUT2D eigenvalue weighted by molar-refractivity contribution is 5.84. The van der Waals surface area contributed by atoms with Crippen molar-refractivity contribution in [3.63, 3.8) is 0 Å². The van der Waals surface area contributed by atoms with Crippen molar-refractivity contribution in [3.05, 3.63) is 47.6 Å². The van der Waals surface area contributed by atoms with E-state index in [1.807, 2.05) is 0 Å². The predicted octanol–water partition coefficient (Wildman–Crippen LogP) is 5.42. The van der Waals surface area contributed by atoms with Gasteiger partial charge in [0.15, 0.2) is 0 Å². The molecule has 2 fully saturated rings. The maximum absolute atomic E-state index is 11.1. The number of hydrogen-bond acceptors (Lipinski definition) is 4. The lowest BCUT2D eigenvalue weighted by Crippen LogP contribution is -2.16. The quantitative estimate of drug-likeness (QED) is 0.468. The number of methoxy groups -OCH3 is 2. The van der Waals surface area contributed by atoms with E-state index < -0.39 is 0 Å². The third kappa shape index (κ3) is 7.14. The lowest BCUT2D eigenvalue weighted by molar-refractivity contribution is -0.135. The molecule has 0 aliphatic heterocycles. The molecule has 0 unspecified atom stereocenters. The molecule has 2 saturated carbocycles. The summed E-state index contributed by atoms with van der Waals surface area (Å²) >= 11 is 0. The van der Waals surface area contributed by atoms with E-state index in [0.29, 0.717) is 23.7 Å². The van der Waals surface area contributed by atoms with E-state index in [9.17, 15) is 9.59 Å². The Balaban J connectivity index is 0.000000280. The summed E-state index contributed by atoms with van der Waals surface area (Å²) < 4.78 is 9.23. The Morgan fingerprint density at radius 2 is 1.11 bits per heavy atom. The second-order valence-corrected chi connectivity index (χ2v) is 8.33. The number of esters is 2. The van der Waals surface area contributed by atoms with E-state index in [-0.39, 0.29) is 11.9 Å². The van der Waals surface area contributed by atoms with E-state index in [0.717, 1.165) is 48.0 Å². The number of hydrogen-bond donors (Lipinski definition) is 0. The first kappa shape index (κ1) is 23.9. The van der Waals surface area contributed by atoms with Crippen LogP contribution in [0.4, 0.5) is 0 Å². The molecule has 0 aromatic carbocycles. The minimum Gasteiger partial charge on any atom is -0.466 e. The average molecular weight is 389 g/mol. The highest BCUT2D eigenvalue weighted by Crippen LogP contribution is 2.36. The Hall–Kier alpha value is -2.10. The zero-order valence-corrected chi connectivity index (χ0v) is 18.3. The van der Waals surface area contributed by atoms with Gasteiger partial charge in [0, 0.05) is 12.2 Å². The first-order chi connectivity index (χ1) is 13.1. The van der Waals surface area contributed by atoms with Crippen molar-refractivity contribution >= 4 is 11.9 Å². The zero-order valence-electron chi connectivity index (χ0n) is 18.3. The molecule has 2 rings (SSSR count). The highest BCUT2D eigenvalue weighted by atomic mass is 16.5. The molecule has 4 atom stereocenters. The van der Waals surface area contributed by atoms with Crippen molar-refractivity contribution in [2.24, 2.45) is 23.7 Å². The van der Waals surface area contributed by atoms with Crippen LogP contribution in [-0.2, 0) is 19.1 Å². The molecule has 156 valence electrons. The molecule has 0 spiro atoms. The van der Waals surface area contributed by atoms with Crippen LogP contribution in [0.25, 0.3) is 0 Å². The smallest absolute Gasteiger partial charge is 0.330 e. The van der Waals surface area contributed by atoms with Crippen LogP contribution in [0, 0.1) is 23.7 Å². The molecular formula is C24H36O4. The van der Waals surface area contributed by atoms with Crippen molar-refractivity contribution in [1.29, 1.82) is 0 Å². The van der Waals surface area contributed by atoms with Gasteiger partial charge in [-0.15, -0.1) is 0 Å². The molecule has 0 heterocycles. The topological polar surface area (TPSA) is 52.6 Å². The molecule has 0 saturated heterocycles. The summed E-state index contributed by atoms with van der Waals surface area (Å²) in [6, 6.07) is 0. The van der Waals surface area contributed by atoms with Crippen LogP contribution in [-0.4, -0.2) is 26.2 Å². The van der Waals surface area contributed by atoms with Gasteiger partial charge in [-0.3, -0.25) is 0 Å². The van der Waals surface area contributed by atoms with Crippen LogP contribution in [0.3, 0.4) is 0 Å². The summed E-state index contributed by atoms with van der Waals surface area (Å²) in [6.45, 7) is 16.8. The molecule has 2 aliphatic rings. The lowest BCUT2D eigenvalue weighted by Gasteiger charge is -2.28. The monoisotopic (exact) mass is 388 g/mol. The molecule has 0 N–H and O–H groups in total. The largest absolute Gasteiger partial charge is 0.466 e. The van der Waals surface area contributed by atoms with Gasteiger partial charge in [-0.25, -0.2) is 9.59 Å². The van der Waals surface area contributed by atoms with E-state index in [1.165, 1.54) is 14.2 Å². The van der Waals surface area contributed by atoms with E-state index in [1.54, 1.807) is 12.2 Å². The number of carbonyl (C=O) groups excluding carboxylic acids is 2. The first-order valence-corrected chi connectivity index (χ1v) is 10.0. The van der Waals surface area contributed by atoms with Gasteiger partial charge in [-0.1, -0.05) is 40.9 Å². The summed E-state index contributed by atoms with van der Waals surface area (Å²) in [5, 5.41) is 0. The molecule has 2 aliphatic carbocycles. The van der Waals surface area contributed by atoms with E-state index in [2.05, 4.69) is 50.3 Å². The van der Waals surface area contributed by atoms with Crippen molar-refractivity contribution in [3.8, 4) is 0 Å². The number of carbonyl (C=O) groups is 2. The Morgan fingerprint density at radius 1 is 0.786 bits per heavy atom. The van der Waals surface area contributed by atoms with E-state index >= 15 is 0 Å². The standard InChI is InChI=1S/2C12H18O2/c2*1-8-5-9(2)10(3)11(6-8)7-12(13)14-4/h2*7-9H,3,5-6H2,1-2,4H3/b11-7+;11-7-/t2*8-,9-/m00/s1. The van der Waals surface area contributed by atoms with Crippen LogP contribution in [0.15, 0.2) is 47.6 Å². The third-order valence-corrected chi connectivity index (χ3v) is 5.65. The van der Waals surface area contributed by atoms with Crippen molar-refractivity contribution < 1.29 is 19.1 Å². The zero-order chi connectivity index (χ0) is 21.4. The van der Waals surface area contributed by atoms with Gasteiger partial charge >= 0.3 is 11.9 Å². The normalized spacial score (nSPS) is 30.5. The van der Waals surface area contributed by atoms with Crippen LogP contribution in [0.5, 0.6) is 0 Å². The Labute approximate surface area is 170 Å². The Bertz CT molecular complexity index is 610. The molecular weight excluding hydrogens is 352 g/mol. The fourth-order valence-corrected chi connectivity index (χ4v) is 4.01. The Morgan fingerprint density at radius 3 is 1.39 bits per heavy atom. The summed E-state index contributed by atoms with van der Waals surface area (Å²) in [5.41, 5.74) is 4.30. The van der Waals surface area contributed by atoms with Crippen LogP contribution >= 0.6 is 0 Å². The van der Waals surface area contributed by atoms with Gasteiger partial charge in [0.05, 0.1) is 14.2 Å². The second kappa shape index (κ2) is 11.0. The molecule has 4 nitrogen and oxygen atoms in total. The van der Waals surface area contributed by atoms with Crippen LogP contribution in [0.2, 0.25) is 0 Å². The van der Waals surface area contributed by atoms with Gasteiger partial charge in [0.1, 0.15) is 0 Å². The maximum Gasteiger partial charge on any atom is 0.330 e. The fraction of sp³-hybridized carbons (Fsp3) is 0.583. The van der Waals surface area contributed by atoms with Gasteiger partial charge in [-0.05, 0) is 71.6 Å². The van der Waals surface area contributed by atoms with E-state index in [4.69, 9.17) is 0 Å². The molecule has 0 aromatic rings. The third-order valence-electron chi connectivity index (χ3n) is 5.65. The number of rotatable bonds is 2. The summed E-state index contributed by atoms with van der Waals surface area (Å²) in [7, 11) is 2.80.